The molecule has 0 aliphatic rings. The molecule has 0 aliphatic carbocycles. The second-order valence-corrected chi connectivity index (χ2v) is 2.78. The number of aliphatic hydroxyl groups excluding tert-OH is 2. The Hall–Kier alpha value is -0.560. The maximum absolute atomic E-state index is 10.1. The zero-order valence-electron chi connectivity index (χ0n) is 7.98. The predicted octanol–water partition coefficient (Wildman–Crippen LogP) is 1.10. The molecule has 0 spiro atoms. The van der Waals surface area contributed by atoms with Crippen LogP contribution in [0.15, 0.2) is 0 Å². The third kappa shape index (κ3) is 19.7. The molecule has 0 aliphatic heterocycles. The summed E-state index contributed by atoms with van der Waals surface area (Å²) in [5, 5.41) is 15.2. The maximum Gasteiger partial charge on any atom is 0.404 e. The molecule has 6 nitrogen and oxygen atoms in total. The molecule has 0 saturated carbocycles. The van der Waals surface area contributed by atoms with Gasteiger partial charge in [0.15, 0.2) is 0 Å². The van der Waals surface area contributed by atoms with Gasteiger partial charge in [-0.05, 0) is 6.92 Å². The van der Waals surface area contributed by atoms with E-state index in [0.717, 1.165) is 0 Å². The van der Waals surface area contributed by atoms with Gasteiger partial charge in [0.2, 0.25) is 0 Å². The molecule has 15 heavy (non-hydrogen) atoms. The highest BCUT2D eigenvalue weighted by molar-refractivity contribution is 6.61. The quantitative estimate of drug-likeness (QED) is 0.737. The van der Waals surface area contributed by atoms with E-state index in [1.165, 1.54) is 6.92 Å². The summed E-state index contributed by atoms with van der Waals surface area (Å²) in [5.41, 5.74) is -1.88. The van der Waals surface area contributed by atoms with Crippen molar-refractivity contribution < 1.29 is 29.3 Å². The molecule has 0 radical (unpaired) electrons. The molecule has 8 heteroatoms. The third-order valence-electron chi connectivity index (χ3n) is 0.825. The van der Waals surface area contributed by atoms with Gasteiger partial charge in [0, 0.05) is 23.2 Å². The molecular weight excluding hydrogens is 251 g/mol. The van der Waals surface area contributed by atoms with Gasteiger partial charge >= 0.3 is 10.9 Å². The number of carbonyl (C=O) groups excluding carboxylic acids is 2. The summed E-state index contributed by atoms with van der Waals surface area (Å²) in [6.07, 6.45) is -0.581. The first-order chi connectivity index (χ1) is 6.93. The molecule has 0 aromatic rings. The fourth-order valence-corrected chi connectivity index (χ4v) is 0.590. The van der Waals surface area contributed by atoms with Crippen molar-refractivity contribution in [2.45, 2.75) is 13.0 Å². The molecule has 0 aromatic heterocycles. The van der Waals surface area contributed by atoms with Gasteiger partial charge in [0.1, 0.15) is 12.7 Å². The lowest BCUT2D eigenvalue weighted by molar-refractivity contribution is 0.0749. The Kier molecular flexibility index (Phi) is 12.9. The number of halogens is 2. The van der Waals surface area contributed by atoms with Crippen LogP contribution in [-0.4, -0.2) is 47.0 Å². The van der Waals surface area contributed by atoms with E-state index in [1.54, 1.807) is 0 Å². The standard InChI is InChI=1S/C5H6Cl2O4.C2H6O2/c1-3(11-5(7)9)2-10-4(6)8;3-1-2-4/h3H,2H2,1H3;3-4H,1-2H2. The first-order valence-corrected chi connectivity index (χ1v) is 4.59. The van der Waals surface area contributed by atoms with Gasteiger partial charge in [-0.25, -0.2) is 9.59 Å². The topological polar surface area (TPSA) is 93.1 Å². The van der Waals surface area contributed by atoms with Crippen molar-refractivity contribution in [3.63, 3.8) is 0 Å². The summed E-state index contributed by atoms with van der Waals surface area (Å²) < 4.78 is 8.69. The summed E-state index contributed by atoms with van der Waals surface area (Å²) >= 11 is 9.68. The van der Waals surface area contributed by atoms with Crippen LogP contribution in [0.1, 0.15) is 6.92 Å². The van der Waals surface area contributed by atoms with Gasteiger partial charge < -0.3 is 19.7 Å². The first kappa shape index (κ1) is 16.9. The summed E-state index contributed by atoms with van der Waals surface area (Å²) in [6, 6.07) is 0. The van der Waals surface area contributed by atoms with Gasteiger partial charge in [-0.15, -0.1) is 0 Å². The van der Waals surface area contributed by atoms with E-state index < -0.39 is 17.0 Å². The first-order valence-electron chi connectivity index (χ1n) is 3.84. The van der Waals surface area contributed by atoms with Gasteiger partial charge in [-0.2, -0.15) is 0 Å². The van der Waals surface area contributed by atoms with E-state index in [-0.39, 0.29) is 19.8 Å². The zero-order valence-corrected chi connectivity index (χ0v) is 9.49. The maximum atomic E-state index is 10.1. The molecule has 90 valence electrons. The Morgan fingerprint density at radius 2 is 1.67 bits per heavy atom. The van der Waals surface area contributed by atoms with Crippen LogP contribution in [0.2, 0.25) is 0 Å². The van der Waals surface area contributed by atoms with Crippen LogP contribution in [0.5, 0.6) is 0 Å². The fourth-order valence-electron chi connectivity index (χ4n) is 0.375. The lowest BCUT2D eigenvalue weighted by atomic mass is 10.4. The van der Waals surface area contributed by atoms with Gasteiger partial charge in [0.05, 0.1) is 13.2 Å². The highest BCUT2D eigenvalue weighted by atomic mass is 35.5. The van der Waals surface area contributed by atoms with E-state index in [0.29, 0.717) is 0 Å². The summed E-state index contributed by atoms with van der Waals surface area (Å²) in [7, 11) is 0. The average molecular weight is 263 g/mol. The molecular formula is C7H12Cl2O6. The Morgan fingerprint density at radius 3 is 1.93 bits per heavy atom. The Bertz CT molecular complexity index is 184. The number of rotatable bonds is 4. The van der Waals surface area contributed by atoms with Gasteiger partial charge in [0.25, 0.3) is 0 Å². The van der Waals surface area contributed by atoms with Crippen molar-refractivity contribution in [1.82, 2.24) is 0 Å². The summed E-state index contributed by atoms with van der Waals surface area (Å²) in [5.74, 6) is 0. The minimum atomic E-state index is -0.942. The number of aliphatic hydroxyl groups is 2. The van der Waals surface area contributed by atoms with Crippen molar-refractivity contribution in [2.24, 2.45) is 0 Å². The average Bonchev–Trinajstić information content (AvgIpc) is 2.14. The zero-order chi connectivity index (χ0) is 12.3. The number of hydrogen-bond donors (Lipinski definition) is 2. The van der Waals surface area contributed by atoms with Crippen LogP contribution in [-0.2, 0) is 9.47 Å². The van der Waals surface area contributed by atoms with Crippen molar-refractivity contribution >= 4 is 34.1 Å². The van der Waals surface area contributed by atoms with E-state index >= 15 is 0 Å². The Labute approximate surface area is 96.7 Å². The normalized spacial score (nSPS) is 10.7. The third-order valence-corrected chi connectivity index (χ3v) is 1.02. The largest absolute Gasteiger partial charge is 0.450 e. The molecule has 0 rings (SSSR count). The highest BCUT2D eigenvalue weighted by Gasteiger charge is 2.08. The summed E-state index contributed by atoms with van der Waals surface area (Å²) in [6.45, 7) is 1.17. The van der Waals surface area contributed by atoms with Crippen LogP contribution in [0.25, 0.3) is 0 Å². The van der Waals surface area contributed by atoms with Crippen LogP contribution < -0.4 is 0 Å². The molecule has 0 fully saturated rings. The summed E-state index contributed by atoms with van der Waals surface area (Å²) in [4.78, 5) is 20.1. The molecule has 1 atom stereocenters. The van der Waals surface area contributed by atoms with Crippen molar-refractivity contribution in [3.05, 3.63) is 0 Å². The SMILES string of the molecule is CC(COC(=O)Cl)OC(=O)Cl.OCCO. The van der Waals surface area contributed by atoms with Gasteiger partial charge in [-0.1, -0.05) is 0 Å². The molecule has 0 amide bonds. The minimum absolute atomic E-state index is 0.0964. The molecule has 0 saturated heterocycles. The number of carbonyl (C=O) groups is 2. The molecule has 0 bridgehead atoms. The lowest BCUT2D eigenvalue weighted by Gasteiger charge is -2.08. The van der Waals surface area contributed by atoms with E-state index in [2.05, 4.69) is 9.47 Å². The van der Waals surface area contributed by atoms with E-state index in [1.807, 2.05) is 0 Å². The smallest absolute Gasteiger partial charge is 0.404 e. The number of ether oxygens (including phenoxy) is 2. The van der Waals surface area contributed by atoms with E-state index in [4.69, 9.17) is 33.4 Å². The minimum Gasteiger partial charge on any atom is -0.450 e. The lowest BCUT2D eigenvalue weighted by Crippen LogP contribution is -2.17. The monoisotopic (exact) mass is 262 g/mol. The molecule has 1 unspecified atom stereocenters. The predicted molar refractivity (Wildman–Crippen MR) is 53.2 cm³/mol. The molecule has 0 aromatic carbocycles. The fraction of sp³-hybridized carbons (Fsp3) is 0.714. The molecule has 2 N–H and O–H groups in total. The van der Waals surface area contributed by atoms with Crippen LogP contribution in [0.3, 0.4) is 0 Å². The highest BCUT2D eigenvalue weighted by Crippen LogP contribution is 1.98. The van der Waals surface area contributed by atoms with Crippen LogP contribution in [0.4, 0.5) is 9.59 Å². The van der Waals surface area contributed by atoms with Crippen molar-refractivity contribution in [2.75, 3.05) is 19.8 Å². The number of hydrogen-bond acceptors (Lipinski definition) is 6. The Morgan fingerprint density at radius 1 is 1.20 bits per heavy atom. The second-order valence-electron chi connectivity index (χ2n) is 2.16. The van der Waals surface area contributed by atoms with Crippen molar-refractivity contribution in [3.8, 4) is 0 Å². The van der Waals surface area contributed by atoms with Crippen LogP contribution >= 0.6 is 23.2 Å². The van der Waals surface area contributed by atoms with E-state index in [9.17, 15) is 9.59 Å². The van der Waals surface area contributed by atoms with Crippen molar-refractivity contribution in [1.29, 1.82) is 0 Å². The second kappa shape index (κ2) is 11.5. The molecule has 0 heterocycles. The van der Waals surface area contributed by atoms with Gasteiger partial charge in [-0.3, -0.25) is 0 Å². The Balaban J connectivity index is 0. The van der Waals surface area contributed by atoms with Crippen LogP contribution in [0, 0.1) is 0 Å².